The minimum absolute atomic E-state index is 0.147. The summed E-state index contributed by atoms with van der Waals surface area (Å²) in [5.41, 5.74) is 2.11. The van der Waals surface area contributed by atoms with E-state index in [1.54, 1.807) is 6.33 Å². The molecule has 0 saturated carbocycles. The SMILES string of the molecule is CCCCc1ccc(C(=O)N2CCC(c3nncn3C)CC2)cc1. The Hall–Kier alpha value is -2.17. The van der Waals surface area contributed by atoms with Gasteiger partial charge in [-0.15, -0.1) is 10.2 Å². The van der Waals surface area contributed by atoms with Crippen molar-refractivity contribution in [1.29, 1.82) is 0 Å². The molecule has 1 aliphatic heterocycles. The van der Waals surface area contributed by atoms with Crippen molar-refractivity contribution in [3.8, 4) is 0 Å². The van der Waals surface area contributed by atoms with Gasteiger partial charge in [0.05, 0.1) is 0 Å². The van der Waals surface area contributed by atoms with Crippen LogP contribution in [-0.4, -0.2) is 38.7 Å². The highest BCUT2D eigenvalue weighted by Gasteiger charge is 2.26. The molecule has 0 unspecified atom stereocenters. The lowest BCUT2D eigenvalue weighted by Gasteiger charge is -2.31. The van der Waals surface area contributed by atoms with Crippen molar-refractivity contribution in [2.45, 2.75) is 44.9 Å². The van der Waals surface area contributed by atoms with Crippen LogP contribution < -0.4 is 0 Å². The van der Waals surface area contributed by atoms with E-state index in [2.05, 4.69) is 29.3 Å². The first kappa shape index (κ1) is 16.7. The molecule has 128 valence electrons. The van der Waals surface area contributed by atoms with Crippen LogP contribution in [0.2, 0.25) is 0 Å². The van der Waals surface area contributed by atoms with Crippen LogP contribution in [-0.2, 0) is 13.5 Å². The van der Waals surface area contributed by atoms with E-state index in [9.17, 15) is 4.79 Å². The lowest BCUT2D eigenvalue weighted by atomic mass is 9.95. The van der Waals surface area contributed by atoms with Gasteiger partial charge in [-0.25, -0.2) is 0 Å². The van der Waals surface area contributed by atoms with Gasteiger partial charge in [-0.3, -0.25) is 4.79 Å². The maximum atomic E-state index is 12.7. The molecule has 2 heterocycles. The van der Waals surface area contributed by atoms with Crippen LogP contribution in [0.25, 0.3) is 0 Å². The number of hydrogen-bond donors (Lipinski definition) is 0. The number of carbonyl (C=O) groups is 1. The van der Waals surface area contributed by atoms with Crippen molar-refractivity contribution >= 4 is 5.91 Å². The average molecular weight is 326 g/mol. The van der Waals surface area contributed by atoms with Gasteiger partial charge < -0.3 is 9.47 Å². The molecule has 0 N–H and O–H groups in total. The number of likely N-dealkylation sites (tertiary alicyclic amines) is 1. The van der Waals surface area contributed by atoms with E-state index in [-0.39, 0.29) is 5.91 Å². The fourth-order valence-electron chi connectivity index (χ4n) is 3.38. The molecule has 1 aromatic heterocycles. The molecule has 0 bridgehead atoms. The summed E-state index contributed by atoms with van der Waals surface area (Å²) in [4.78, 5) is 14.6. The number of piperidine rings is 1. The first-order valence-electron chi connectivity index (χ1n) is 8.91. The van der Waals surface area contributed by atoms with Crippen LogP contribution in [0, 0.1) is 0 Å². The number of aryl methyl sites for hydroxylation is 2. The fraction of sp³-hybridized carbons (Fsp3) is 0.526. The van der Waals surface area contributed by atoms with Crippen molar-refractivity contribution in [1.82, 2.24) is 19.7 Å². The molecular weight excluding hydrogens is 300 g/mol. The van der Waals surface area contributed by atoms with Crippen LogP contribution in [0.5, 0.6) is 0 Å². The summed E-state index contributed by atoms with van der Waals surface area (Å²) in [6.07, 6.45) is 7.13. The lowest BCUT2D eigenvalue weighted by Crippen LogP contribution is -2.38. The van der Waals surface area contributed by atoms with E-state index in [1.165, 1.54) is 18.4 Å². The van der Waals surface area contributed by atoms with Gasteiger partial charge in [-0.05, 0) is 43.4 Å². The summed E-state index contributed by atoms with van der Waals surface area (Å²) in [5.74, 6) is 1.58. The maximum absolute atomic E-state index is 12.7. The molecule has 1 fully saturated rings. The molecule has 2 aromatic rings. The number of amides is 1. The number of aromatic nitrogens is 3. The Bertz CT molecular complexity index is 669. The molecular formula is C19H26N4O. The van der Waals surface area contributed by atoms with E-state index >= 15 is 0 Å². The normalized spacial score (nSPS) is 15.7. The quantitative estimate of drug-likeness (QED) is 0.848. The molecule has 1 amide bonds. The third-order valence-electron chi connectivity index (χ3n) is 4.91. The Kier molecular flexibility index (Phi) is 5.28. The second kappa shape index (κ2) is 7.60. The Labute approximate surface area is 143 Å². The zero-order chi connectivity index (χ0) is 16.9. The number of nitrogens with zero attached hydrogens (tertiary/aromatic N) is 4. The Balaban J connectivity index is 1.58. The van der Waals surface area contributed by atoms with E-state index < -0.39 is 0 Å². The fourth-order valence-corrected chi connectivity index (χ4v) is 3.38. The number of rotatable bonds is 5. The smallest absolute Gasteiger partial charge is 0.253 e. The highest BCUT2D eigenvalue weighted by Crippen LogP contribution is 2.26. The summed E-state index contributed by atoms with van der Waals surface area (Å²) in [5, 5.41) is 8.17. The molecule has 5 nitrogen and oxygen atoms in total. The topological polar surface area (TPSA) is 51.0 Å². The predicted molar refractivity (Wildman–Crippen MR) is 93.9 cm³/mol. The van der Waals surface area contributed by atoms with Gasteiger partial charge in [0.2, 0.25) is 0 Å². The minimum atomic E-state index is 0.147. The van der Waals surface area contributed by atoms with Crippen LogP contribution in [0.4, 0.5) is 0 Å². The average Bonchev–Trinajstić information content (AvgIpc) is 3.06. The van der Waals surface area contributed by atoms with Crippen molar-refractivity contribution in [3.63, 3.8) is 0 Å². The van der Waals surface area contributed by atoms with E-state index in [1.807, 2.05) is 28.6 Å². The molecule has 1 aromatic carbocycles. The first-order chi connectivity index (χ1) is 11.7. The van der Waals surface area contributed by atoms with Gasteiger partial charge in [0.25, 0.3) is 5.91 Å². The first-order valence-corrected chi connectivity index (χ1v) is 8.91. The monoisotopic (exact) mass is 326 g/mol. The van der Waals surface area contributed by atoms with E-state index in [4.69, 9.17) is 0 Å². The molecule has 5 heteroatoms. The third-order valence-corrected chi connectivity index (χ3v) is 4.91. The highest BCUT2D eigenvalue weighted by molar-refractivity contribution is 5.94. The molecule has 0 atom stereocenters. The van der Waals surface area contributed by atoms with Gasteiger partial charge in [0.15, 0.2) is 0 Å². The molecule has 0 radical (unpaired) electrons. The summed E-state index contributed by atoms with van der Waals surface area (Å²) >= 11 is 0. The van der Waals surface area contributed by atoms with Crippen LogP contribution >= 0.6 is 0 Å². The predicted octanol–water partition coefficient (Wildman–Crippen LogP) is 3.18. The number of carbonyl (C=O) groups excluding carboxylic acids is 1. The Morgan fingerprint density at radius 1 is 1.21 bits per heavy atom. The van der Waals surface area contributed by atoms with Crippen LogP contribution in [0.1, 0.15) is 60.3 Å². The highest BCUT2D eigenvalue weighted by atomic mass is 16.2. The van der Waals surface area contributed by atoms with E-state index in [0.29, 0.717) is 5.92 Å². The zero-order valence-corrected chi connectivity index (χ0v) is 14.6. The third kappa shape index (κ3) is 3.66. The second-order valence-electron chi connectivity index (χ2n) is 6.67. The Morgan fingerprint density at radius 2 is 1.92 bits per heavy atom. The molecule has 3 rings (SSSR count). The molecule has 1 saturated heterocycles. The van der Waals surface area contributed by atoms with Gasteiger partial charge in [0.1, 0.15) is 12.2 Å². The largest absolute Gasteiger partial charge is 0.339 e. The van der Waals surface area contributed by atoms with Crippen molar-refractivity contribution in [2.75, 3.05) is 13.1 Å². The van der Waals surface area contributed by atoms with E-state index in [0.717, 1.165) is 43.7 Å². The Morgan fingerprint density at radius 3 is 2.50 bits per heavy atom. The van der Waals surface area contributed by atoms with Gasteiger partial charge in [-0.1, -0.05) is 25.5 Å². The molecule has 24 heavy (non-hydrogen) atoms. The standard InChI is InChI=1S/C19H26N4O/c1-3-4-5-15-6-8-17(9-7-15)19(24)23-12-10-16(11-13-23)18-21-20-14-22(18)2/h6-9,14,16H,3-5,10-13H2,1-2H3. The molecule has 1 aliphatic rings. The number of benzene rings is 1. The summed E-state index contributed by atoms with van der Waals surface area (Å²) in [7, 11) is 1.98. The zero-order valence-electron chi connectivity index (χ0n) is 14.6. The maximum Gasteiger partial charge on any atom is 0.253 e. The van der Waals surface area contributed by atoms with Crippen molar-refractivity contribution < 1.29 is 4.79 Å². The van der Waals surface area contributed by atoms with Gasteiger partial charge in [0, 0.05) is 31.6 Å². The second-order valence-corrected chi connectivity index (χ2v) is 6.67. The van der Waals surface area contributed by atoms with Crippen LogP contribution in [0.3, 0.4) is 0 Å². The summed E-state index contributed by atoms with van der Waals surface area (Å²) < 4.78 is 1.98. The lowest BCUT2D eigenvalue weighted by molar-refractivity contribution is 0.0710. The van der Waals surface area contributed by atoms with Crippen LogP contribution in [0.15, 0.2) is 30.6 Å². The number of unbranched alkanes of at least 4 members (excludes halogenated alkanes) is 1. The van der Waals surface area contributed by atoms with Gasteiger partial charge in [-0.2, -0.15) is 0 Å². The van der Waals surface area contributed by atoms with Gasteiger partial charge >= 0.3 is 0 Å². The molecule has 0 spiro atoms. The van der Waals surface area contributed by atoms with Crippen molar-refractivity contribution in [2.24, 2.45) is 7.05 Å². The molecule has 0 aliphatic carbocycles. The van der Waals surface area contributed by atoms with Crippen molar-refractivity contribution in [3.05, 3.63) is 47.5 Å². The minimum Gasteiger partial charge on any atom is -0.339 e. The summed E-state index contributed by atoms with van der Waals surface area (Å²) in [6.45, 7) is 3.77. The summed E-state index contributed by atoms with van der Waals surface area (Å²) in [6, 6.07) is 8.13. The number of hydrogen-bond acceptors (Lipinski definition) is 3.